The van der Waals surface area contributed by atoms with E-state index >= 15 is 0 Å². The Balaban J connectivity index is 1.75. The molecule has 3 atom stereocenters. The number of halogens is 1. The molecule has 0 aromatic carbocycles. The molecular weight excluding hydrogens is 247 g/mol. The van der Waals surface area contributed by atoms with Crippen molar-refractivity contribution in [2.24, 2.45) is 5.73 Å². The second-order valence-corrected chi connectivity index (χ2v) is 5.55. The van der Waals surface area contributed by atoms with Crippen molar-refractivity contribution < 1.29 is 9.13 Å². The van der Waals surface area contributed by atoms with Crippen LogP contribution in [0.3, 0.4) is 0 Å². The van der Waals surface area contributed by atoms with Crippen LogP contribution in [0.2, 0.25) is 0 Å². The maximum Gasteiger partial charge on any atom is 0.129 e. The van der Waals surface area contributed by atoms with Crippen LogP contribution in [0.15, 0.2) is 0 Å². The summed E-state index contributed by atoms with van der Waals surface area (Å²) >= 11 is 0. The van der Waals surface area contributed by atoms with Gasteiger partial charge < -0.3 is 20.7 Å². The molecule has 2 aliphatic heterocycles. The first kappa shape index (κ1) is 15.1. The van der Waals surface area contributed by atoms with Crippen molar-refractivity contribution in [3.8, 4) is 0 Å². The quantitative estimate of drug-likeness (QED) is 0.648. The summed E-state index contributed by atoms with van der Waals surface area (Å²) in [6.07, 6.45) is 0.221. The summed E-state index contributed by atoms with van der Waals surface area (Å²) < 4.78 is 19.1. The van der Waals surface area contributed by atoms with E-state index in [1.165, 1.54) is 0 Å². The first-order chi connectivity index (χ1) is 9.22. The van der Waals surface area contributed by atoms with Gasteiger partial charge in [-0.15, -0.1) is 0 Å². The van der Waals surface area contributed by atoms with Gasteiger partial charge in [-0.3, -0.25) is 4.90 Å². The predicted molar refractivity (Wildman–Crippen MR) is 74.0 cm³/mol. The standard InChI is InChI=1S/C13H27FN4O/c1-19-8-2-3-17-4-6-18(7-5-17)13-11(14)9-16-10-12(13)15/h11-13,16H,2-10,15H2,1H3. The highest BCUT2D eigenvalue weighted by Crippen LogP contribution is 2.17. The lowest BCUT2D eigenvalue weighted by atomic mass is 9.97. The Morgan fingerprint density at radius 1 is 1.26 bits per heavy atom. The van der Waals surface area contributed by atoms with E-state index in [-0.39, 0.29) is 12.1 Å². The highest BCUT2D eigenvalue weighted by molar-refractivity contribution is 4.95. The average Bonchev–Trinajstić information content (AvgIpc) is 2.40. The van der Waals surface area contributed by atoms with Crippen LogP contribution < -0.4 is 11.1 Å². The summed E-state index contributed by atoms with van der Waals surface area (Å²) in [5, 5.41) is 3.05. The van der Waals surface area contributed by atoms with E-state index in [4.69, 9.17) is 10.5 Å². The summed E-state index contributed by atoms with van der Waals surface area (Å²) in [7, 11) is 1.73. The molecule has 3 unspecified atom stereocenters. The van der Waals surface area contributed by atoms with Crippen molar-refractivity contribution in [2.75, 3.05) is 59.5 Å². The van der Waals surface area contributed by atoms with Gasteiger partial charge in [0.1, 0.15) is 6.17 Å². The van der Waals surface area contributed by atoms with Crippen LogP contribution in [0.1, 0.15) is 6.42 Å². The maximum absolute atomic E-state index is 14.0. The van der Waals surface area contributed by atoms with Crippen LogP contribution in [-0.4, -0.2) is 87.6 Å². The van der Waals surface area contributed by atoms with Crippen LogP contribution in [0, 0.1) is 0 Å². The first-order valence-electron chi connectivity index (χ1n) is 7.28. The molecule has 0 aromatic heterocycles. The number of nitrogens with two attached hydrogens (primary N) is 1. The third-order valence-electron chi connectivity index (χ3n) is 4.18. The number of piperidine rings is 1. The zero-order valence-electron chi connectivity index (χ0n) is 11.9. The predicted octanol–water partition coefficient (Wildman–Crippen LogP) is -0.722. The first-order valence-corrected chi connectivity index (χ1v) is 7.28. The van der Waals surface area contributed by atoms with Crippen molar-refractivity contribution in [1.82, 2.24) is 15.1 Å². The molecule has 0 amide bonds. The van der Waals surface area contributed by atoms with Gasteiger partial charge >= 0.3 is 0 Å². The van der Waals surface area contributed by atoms with Crippen LogP contribution in [0.5, 0.6) is 0 Å². The van der Waals surface area contributed by atoms with Crippen molar-refractivity contribution in [2.45, 2.75) is 24.7 Å². The third-order valence-corrected chi connectivity index (χ3v) is 4.18. The summed E-state index contributed by atoms with van der Waals surface area (Å²) in [6.45, 7) is 6.90. The Labute approximate surface area is 115 Å². The van der Waals surface area contributed by atoms with Gasteiger partial charge in [-0.2, -0.15) is 0 Å². The van der Waals surface area contributed by atoms with E-state index in [0.717, 1.165) is 52.3 Å². The Hall–Kier alpha value is -0.270. The second-order valence-electron chi connectivity index (χ2n) is 5.55. The number of piperazine rings is 1. The van der Waals surface area contributed by atoms with Gasteiger partial charge in [0.2, 0.25) is 0 Å². The number of nitrogens with one attached hydrogen (secondary N) is 1. The van der Waals surface area contributed by atoms with Gasteiger partial charge in [-0.05, 0) is 6.42 Å². The van der Waals surface area contributed by atoms with E-state index in [1.807, 2.05) is 0 Å². The third kappa shape index (κ3) is 4.10. The van der Waals surface area contributed by atoms with E-state index in [1.54, 1.807) is 7.11 Å². The van der Waals surface area contributed by atoms with Gasteiger partial charge in [-0.1, -0.05) is 0 Å². The van der Waals surface area contributed by atoms with Crippen LogP contribution in [0.4, 0.5) is 4.39 Å². The minimum absolute atomic E-state index is 0.0937. The lowest BCUT2D eigenvalue weighted by Crippen LogP contribution is -2.65. The molecule has 0 spiro atoms. The fourth-order valence-electron chi connectivity index (χ4n) is 3.11. The van der Waals surface area contributed by atoms with Crippen molar-refractivity contribution in [1.29, 1.82) is 0 Å². The molecule has 19 heavy (non-hydrogen) atoms. The highest BCUT2D eigenvalue weighted by Gasteiger charge is 2.36. The van der Waals surface area contributed by atoms with E-state index in [2.05, 4.69) is 15.1 Å². The maximum atomic E-state index is 14.0. The van der Waals surface area contributed by atoms with Gasteiger partial charge in [0, 0.05) is 65.6 Å². The fourth-order valence-corrected chi connectivity index (χ4v) is 3.11. The Kier molecular flexibility index (Phi) is 5.97. The van der Waals surface area contributed by atoms with Crippen molar-refractivity contribution in [3.63, 3.8) is 0 Å². The number of ether oxygens (including phenoxy) is 1. The Morgan fingerprint density at radius 3 is 2.63 bits per heavy atom. The van der Waals surface area contributed by atoms with E-state index in [0.29, 0.717) is 6.54 Å². The molecule has 2 fully saturated rings. The smallest absolute Gasteiger partial charge is 0.129 e. The van der Waals surface area contributed by atoms with E-state index < -0.39 is 6.17 Å². The molecule has 2 heterocycles. The zero-order valence-corrected chi connectivity index (χ0v) is 11.9. The van der Waals surface area contributed by atoms with Gasteiger partial charge in [0.15, 0.2) is 0 Å². The minimum Gasteiger partial charge on any atom is -0.385 e. The summed E-state index contributed by atoms with van der Waals surface area (Å²) in [5.41, 5.74) is 6.06. The molecule has 2 rings (SSSR count). The molecule has 0 bridgehead atoms. The van der Waals surface area contributed by atoms with Gasteiger partial charge in [-0.25, -0.2) is 4.39 Å². The van der Waals surface area contributed by atoms with Crippen LogP contribution in [-0.2, 0) is 4.74 Å². The highest BCUT2D eigenvalue weighted by atomic mass is 19.1. The average molecular weight is 274 g/mol. The number of rotatable bonds is 5. The molecule has 3 N–H and O–H groups in total. The number of hydrogen-bond donors (Lipinski definition) is 2. The number of hydrogen-bond acceptors (Lipinski definition) is 5. The van der Waals surface area contributed by atoms with Gasteiger partial charge in [0.25, 0.3) is 0 Å². The number of methoxy groups -OCH3 is 1. The van der Waals surface area contributed by atoms with Crippen molar-refractivity contribution >= 4 is 0 Å². The molecule has 0 radical (unpaired) electrons. The molecule has 112 valence electrons. The second kappa shape index (κ2) is 7.50. The molecule has 0 aliphatic carbocycles. The largest absolute Gasteiger partial charge is 0.385 e. The normalized spacial score (nSPS) is 34.6. The molecule has 0 aromatic rings. The minimum atomic E-state index is -0.844. The summed E-state index contributed by atoms with van der Waals surface area (Å²) in [6, 6.07) is -0.203. The molecule has 0 saturated carbocycles. The molecule has 6 heteroatoms. The lowest BCUT2D eigenvalue weighted by molar-refractivity contribution is 0.0285. The monoisotopic (exact) mass is 274 g/mol. The van der Waals surface area contributed by atoms with E-state index in [9.17, 15) is 4.39 Å². The molecule has 2 aliphatic rings. The number of nitrogens with zero attached hydrogens (tertiary/aromatic N) is 2. The topological polar surface area (TPSA) is 53.8 Å². The Bertz CT molecular complexity index is 251. The molecule has 2 saturated heterocycles. The van der Waals surface area contributed by atoms with Crippen LogP contribution >= 0.6 is 0 Å². The lowest BCUT2D eigenvalue weighted by Gasteiger charge is -2.44. The zero-order chi connectivity index (χ0) is 13.7. The van der Waals surface area contributed by atoms with Crippen molar-refractivity contribution in [3.05, 3.63) is 0 Å². The fraction of sp³-hybridized carbons (Fsp3) is 1.00. The Morgan fingerprint density at radius 2 is 2.00 bits per heavy atom. The summed E-state index contributed by atoms with van der Waals surface area (Å²) in [4.78, 5) is 4.67. The molecule has 5 nitrogen and oxygen atoms in total. The molecular formula is C13H27FN4O. The summed E-state index contributed by atoms with van der Waals surface area (Å²) in [5.74, 6) is 0. The van der Waals surface area contributed by atoms with Gasteiger partial charge in [0.05, 0.1) is 6.04 Å². The SMILES string of the molecule is COCCCN1CCN(C2C(N)CNCC2F)CC1. The number of alkyl halides is 1. The van der Waals surface area contributed by atoms with Crippen LogP contribution in [0.25, 0.3) is 0 Å².